The number of rotatable bonds is 8. The summed E-state index contributed by atoms with van der Waals surface area (Å²) in [6, 6.07) is -0.0766. The highest BCUT2D eigenvalue weighted by molar-refractivity contribution is 5.81. The number of carboxylic acid groups (broad SMARTS) is 1. The molecule has 0 spiro atoms. The van der Waals surface area contributed by atoms with Crippen LogP contribution in [-0.4, -0.2) is 47.6 Å². The number of carbonyl (C=O) groups is 2. The van der Waals surface area contributed by atoms with E-state index in [2.05, 4.69) is 17.1 Å². The van der Waals surface area contributed by atoms with Crippen LogP contribution in [0.4, 0.5) is 0 Å². The predicted octanol–water partition coefficient (Wildman–Crippen LogP) is 1.87. The highest BCUT2D eigenvalue weighted by Crippen LogP contribution is 2.23. The lowest BCUT2D eigenvalue weighted by atomic mass is 9.91. The number of hydrogen-bond acceptors (Lipinski definition) is 3. The molecule has 1 saturated heterocycles. The van der Waals surface area contributed by atoms with E-state index in [1.807, 2.05) is 6.92 Å². The Morgan fingerprint density at radius 3 is 2.55 bits per heavy atom. The van der Waals surface area contributed by atoms with E-state index in [1.54, 1.807) is 0 Å². The van der Waals surface area contributed by atoms with Gasteiger partial charge in [-0.05, 0) is 51.6 Å². The first kappa shape index (κ1) is 17.0. The Balaban J connectivity index is 2.25. The van der Waals surface area contributed by atoms with Crippen LogP contribution < -0.4 is 5.32 Å². The first-order valence-electron chi connectivity index (χ1n) is 7.78. The lowest BCUT2D eigenvalue weighted by Gasteiger charge is -2.35. The summed E-state index contributed by atoms with van der Waals surface area (Å²) in [4.78, 5) is 24.8. The minimum atomic E-state index is -0.712. The van der Waals surface area contributed by atoms with Gasteiger partial charge in [-0.3, -0.25) is 14.5 Å². The van der Waals surface area contributed by atoms with Gasteiger partial charge in [0.1, 0.15) is 0 Å². The van der Waals surface area contributed by atoms with Gasteiger partial charge in [-0.25, -0.2) is 0 Å². The molecule has 1 unspecified atom stereocenters. The van der Waals surface area contributed by atoms with Crippen LogP contribution in [0, 0.1) is 5.92 Å². The molecule has 1 atom stereocenters. The standard InChI is InChI=1S/C15H28N2O3/c1-3-4-9-16-15(20)12(2)17-10-7-13(8-11-17)5-6-14(18)19/h12-13H,3-11H2,1-2H3,(H,16,20)(H,18,19). The molecule has 1 aliphatic rings. The van der Waals surface area contributed by atoms with Crippen molar-refractivity contribution in [1.29, 1.82) is 0 Å². The number of carboxylic acids is 1. The van der Waals surface area contributed by atoms with Crippen LogP contribution in [0.2, 0.25) is 0 Å². The topological polar surface area (TPSA) is 69.6 Å². The smallest absolute Gasteiger partial charge is 0.303 e. The van der Waals surface area contributed by atoms with Gasteiger partial charge >= 0.3 is 5.97 Å². The largest absolute Gasteiger partial charge is 0.481 e. The van der Waals surface area contributed by atoms with Crippen LogP contribution in [0.15, 0.2) is 0 Å². The summed E-state index contributed by atoms with van der Waals surface area (Å²) < 4.78 is 0. The number of carbonyl (C=O) groups excluding carboxylic acids is 1. The van der Waals surface area contributed by atoms with Crippen LogP contribution in [0.25, 0.3) is 0 Å². The number of piperidine rings is 1. The van der Waals surface area contributed by atoms with Crippen LogP contribution in [0.3, 0.4) is 0 Å². The maximum Gasteiger partial charge on any atom is 0.303 e. The zero-order chi connectivity index (χ0) is 15.0. The Morgan fingerprint density at radius 2 is 2.00 bits per heavy atom. The Morgan fingerprint density at radius 1 is 1.35 bits per heavy atom. The summed E-state index contributed by atoms with van der Waals surface area (Å²) in [5.74, 6) is -0.101. The van der Waals surface area contributed by atoms with Gasteiger partial charge in [-0.2, -0.15) is 0 Å². The van der Waals surface area contributed by atoms with E-state index in [4.69, 9.17) is 5.11 Å². The monoisotopic (exact) mass is 284 g/mol. The Hall–Kier alpha value is -1.10. The van der Waals surface area contributed by atoms with E-state index in [0.717, 1.165) is 51.7 Å². The average Bonchev–Trinajstić information content (AvgIpc) is 2.45. The molecule has 1 fully saturated rings. The molecule has 0 aromatic heterocycles. The molecular formula is C15H28N2O3. The van der Waals surface area contributed by atoms with E-state index in [-0.39, 0.29) is 18.4 Å². The van der Waals surface area contributed by atoms with E-state index in [0.29, 0.717) is 5.92 Å². The van der Waals surface area contributed by atoms with Gasteiger partial charge in [-0.15, -0.1) is 0 Å². The summed E-state index contributed by atoms with van der Waals surface area (Å²) in [6.07, 6.45) is 5.14. The number of aliphatic carboxylic acids is 1. The summed E-state index contributed by atoms with van der Waals surface area (Å²) in [5.41, 5.74) is 0. The van der Waals surface area contributed by atoms with E-state index in [1.165, 1.54) is 0 Å². The summed E-state index contributed by atoms with van der Waals surface area (Å²) in [6.45, 7) is 6.62. The third-order valence-electron chi connectivity index (χ3n) is 4.17. The van der Waals surface area contributed by atoms with Crippen molar-refractivity contribution in [3.8, 4) is 0 Å². The van der Waals surface area contributed by atoms with Crippen LogP contribution in [0.1, 0.15) is 52.4 Å². The van der Waals surface area contributed by atoms with E-state index < -0.39 is 5.97 Å². The molecule has 0 radical (unpaired) electrons. The number of amides is 1. The van der Waals surface area contributed by atoms with Gasteiger partial charge in [-0.1, -0.05) is 13.3 Å². The summed E-state index contributed by atoms with van der Waals surface area (Å²) in [7, 11) is 0. The lowest BCUT2D eigenvalue weighted by Crippen LogP contribution is -2.48. The van der Waals surface area contributed by atoms with Crippen molar-refractivity contribution in [2.75, 3.05) is 19.6 Å². The molecule has 116 valence electrons. The summed E-state index contributed by atoms with van der Waals surface area (Å²) in [5, 5.41) is 11.7. The Kier molecular flexibility index (Phi) is 7.59. The molecule has 1 rings (SSSR count). The second-order valence-electron chi connectivity index (χ2n) is 5.73. The maximum absolute atomic E-state index is 12.0. The minimum Gasteiger partial charge on any atom is -0.481 e. The quantitative estimate of drug-likeness (QED) is 0.668. The van der Waals surface area contributed by atoms with Gasteiger partial charge in [0.25, 0.3) is 0 Å². The maximum atomic E-state index is 12.0. The van der Waals surface area contributed by atoms with E-state index in [9.17, 15) is 9.59 Å². The molecule has 5 heteroatoms. The van der Waals surface area contributed by atoms with Gasteiger partial charge in [0.15, 0.2) is 0 Å². The van der Waals surface area contributed by atoms with Crippen molar-refractivity contribution in [3.05, 3.63) is 0 Å². The number of hydrogen-bond donors (Lipinski definition) is 2. The average molecular weight is 284 g/mol. The molecule has 0 bridgehead atoms. The second kappa shape index (κ2) is 8.95. The fraction of sp³-hybridized carbons (Fsp3) is 0.867. The lowest BCUT2D eigenvalue weighted by molar-refractivity contribution is -0.137. The molecule has 2 N–H and O–H groups in total. The second-order valence-corrected chi connectivity index (χ2v) is 5.73. The highest BCUT2D eigenvalue weighted by atomic mass is 16.4. The van der Waals surface area contributed by atoms with Crippen molar-refractivity contribution in [3.63, 3.8) is 0 Å². The predicted molar refractivity (Wildman–Crippen MR) is 78.5 cm³/mol. The van der Waals surface area contributed by atoms with Gasteiger partial charge in [0, 0.05) is 13.0 Å². The zero-order valence-electron chi connectivity index (χ0n) is 12.7. The normalized spacial score (nSPS) is 18.7. The fourth-order valence-electron chi connectivity index (χ4n) is 2.66. The first-order chi connectivity index (χ1) is 9.54. The highest BCUT2D eigenvalue weighted by Gasteiger charge is 2.26. The zero-order valence-corrected chi connectivity index (χ0v) is 12.7. The van der Waals surface area contributed by atoms with Crippen molar-refractivity contribution in [1.82, 2.24) is 10.2 Å². The molecule has 1 heterocycles. The molecule has 1 aliphatic heterocycles. The SMILES string of the molecule is CCCCNC(=O)C(C)N1CCC(CCC(=O)O)CC1. The molecule has 5 nitrogen and oxygen atoms in total. The van der Waals surface area contributed by atoms with Crippen LogP contribution >= 0.6 is 0 Å². The van der Waals surface area contributed by atoms with E-state index >= 15 is 0 Å². The molecular weight excluding hydrogens is 256 g/mol. The van der Waals surface area contributed by atoms with Gasteiger partial charge in [0.2, 0.25) is 5.91 Å². The van der Waals surface area contributed by atoms with Gasteiger partial charge in [0.05, 0.1) is 6.04 Å². The molecule has 20 heavy (non-hydrogen) atoms. The first-order valence-corrected chi connectivity index (χ1v) is 7.78. The molecule has 0 saturated carbocycles. The third kappa shape index (κ3) is 5.90. The van der Waals surface area contributed by atoms with Gasteiger partial charge < -0.3 is 10.4 Å². The van der Waals surface area contributed by atoms with Crippen LogP contribution in [0.5, 0.6) is 0 Å². The van der Waals surface area contributed by atoms with Crippen molar-refractivity contribution < 1.29 is 14.7 Å². The molecule has 0 aromatic rings. The van der Waals surface area contributed by atoms with Crippen molar-refractivity contribution >= 4 is 11.9 Å². The summed E-state index contributed by atoms with van der Waals surface area (Å²) >= 11 is 0. The molecule has 1 amide bonds. The molecule has 0 aromatic carbocycles. The third-order valence-corrected chi connectivity index (χ3v) is 4.17. The number of nitrogens with zero attached hydrogens (tertiary/aromatic N) is 1. The van der Waals surface area contributed by atoms with Crippen molar-refractivity contribution in [2.24, 2.45) is 5.92 Å². The minimum absolute atomic E-state index is 0.0766. The number of nitrogens with one attached hydrogen (secondary N) is 1. The van der Waals surface area contributed by atoms with Crippen LogP contribution in [-0.2, 0) is 9.59 Å². The Bertz CT molecular complexity index is 312. The fourth-order valence-corrected chi connectivity index (χ4v) is 2.66. The number of likely N-dealkylation sites (tertiary alicyclic amines) is 1. The number of unbranched alkanes of at least 4 members (excludes halogenated alkanes) is 1. The van der Waals surface area contributed by atoms with Crippen molar-refractivity contribution in [2.45, 2.75) is 58.4 Å². The molecule has 0 aliphatic carbocycles. The Labute approximate surface area is 121 Å².